The molecule has 6 nitrogen and oxygen atoms in total. The molecule has 0 aromatic carbocycles. The summed E-state index contributed by atoms with van der Waals surface area (Å²) in [5.41, 5.74) is -11.4. The zero-order valence-corrected chi connectivity index (χ0v) is 14.5. The summed E-state index contributed by atoms with van der Waals surface area (Å²) < 4.78 is 122. The van der Waals surface area contributed by atoms with Gasteiger partial charge in [-0.1, -0.05) is 0 Å². The molecule has 0 aromatic heterocycles. The van der Waals surface area contributed by atoms with Crippen LogP contribution in [0.3, 0.4) is 0 Å². The SMILES string of the molecule is O=S(=O)(N1CC(CCl)N(S(=O)(=O)C(F)(F)F)CC1CCl)C(F)(F)F. The third-order valence-electron chi connectivity index (χ3n) is 3.15. The zero-order valence-electron chi connectivity index (χ0n) is 11.4. The number of halogens is 8. The Morgan fingerprint density at radius 1 is 0.750 bits per heavy atom. The van der Waals surface area contributed by atoms with Gasteiger partial charge in [0, 0.05) is 24.8 Å². The topological polar surface area (TPSA) is 74.8 Å². The molecular formula is C8H10Cl2F6N2O4S2. The van der Waals surface area contributed by atoms with E-state index in [0.29, 0.717) is 0 Å². The van der Waals surface area contributed by atoms with Gasteiger partial charge in [0.15, 0.2) is 0 Å². The van der Waals surface area contributed by atoms with Crippen molar-refractivity contribution in [2.75, 3.05) is 24.8 Å². The predicted octanol–water partition coefficient (Wildman–Crippen LogP) is 1.52. The number of alkyl halides is 8. The Morgan fingerprint density at radius 2 is 1.00 bits per heavy atom. The molecule has 0 radical (unpaired) electrons. The van der Waals surface area contributed by atoms with Gasteiger partial charge in [0.2, 0.25) is 0 Å². The maximum atomic E-state index is 12.7. The monoisotopic (exact) mass is 446 g/mol. The normalized spacial score (nSPS) is 25.8. The van der Waals surface area contributed by atoms with E-state index in [1.165, 1.54) is 0 Å². The largest absolute Gasteiger partial charge is 0.511 e. The molecule has 144 valence electrons. The van der Waals surface area contributed by atoms with Gasteiger partial charge in [-0.2, -0.15) is 35.0 Å². The van der Waals surface area contributed by atoms with Crippen molar-refractivity contribution < 1.29 is 43.2 Å². The smallest absolute Gasteiger partial charge is 0.203 e. The lowest BCUT2D eigenvalue weighted by molar-refractivity contribution is -0.0565. The van der Waals surface area contributed by atoms with E-state index in [1.54, 1.807) is 0 Å². The first kappa shape index (κ1) is 22.0. The van der Waals surface area contributed by atoms with Gasteiger partial charge in [0.05, 0.1) is 12.1 Å². The Balaban J connectivity index is 3.32. The van der Waals surface area contributed by atoms with Crippen LogP contribution in [0.25, 0.3) is 0 Å². The predicted molar refractivity (Wildman–Crippen MR) is 72.4 cm³/mol. The molecule has 0 saturated carbocycles. The van der Waals surface area contributed by atoms with Gasteiger partial charge >= 0.3 is 31.1 Å². The highest BCUT2D eigenvalue weighted by Crippen LogP contribution is 2.35. The van der Waals surface area contributed by atoms with E-state index >= 15 is 0 Å². The standard InChI is InChI=1S/C8H10Cl2F6N2O4S2/c9-1-5-3-18(24(21,22)8(14,15)16)6(2-10)4-17(5)23(19,20)7(11,12)13/h5-6H,1-4H2. The molecule has 2 atom stereocenters. The van der Waals surface area contributed by atoms with Gasteiger partial charge in [-0.15, -0.1) is 23.2 Å². The van der Waals surface area contributed by atoms with E-state index in [0.717, 1.165) is 0 Å². The summed E-state index contributed by atoms with van der Waals surface area (Å²) in [5.74, 6) is -1.71. The van der Waals surface area contributed by atoms with E-state index in [2.05, 4.69) is 0 Å². The molecule has 1 saturated heterocycles. The van der Waals surface area contributed by atoms with Crippen LogP contribution in [0.4, 0.5) is 26.3 Å². The molecule has 0 aliphatic carbocycles. The van der Waals surface area contributed by atoms with Crippen molar-refractivity contribution >= 4 is 43.2 Å². The Bertz CT molecular complexity index is 607. The first-order chi connectivity index (χ1) is 10.6. The van der Waals surface area contributed by atoms with Gasteiger partial charge in [-0.3, -0.25) is 0 Å². The minimum Gasteiger partial charge on any atom is -0.203 e. The van der Waals surface area contributed by atoms with Gasteiger partial charge in [0.25, 0.3) is 0 Å². The quantitative estimate of drug-likeness (QED) is 0.484. The Hall–Kier alpha value is -0.0200. The van der Waals surface area contributed by atoms with Crippen LogP contribution < -0.4 is 0 Å². The molecule has 0 bridgehead atoms. The fourth-order valence-corrected chi connectivity index (χ4v) is 5.03. The minimum atomic E-state index is -5.92. The van der Waals surface area contributed by atoms with Crippen molar-refractivity contribution in [3.63, 3.8) is 0 Å². The van der Waals surface area contributed by atoms with Crippen LogP contribution in [-0.4, -0.2) is 73.4 Å². The highest BCUT2D eigenvalue weighted by Gasteiger charge is 2.58. The number of nitrogens with zero attached hydrogens (tertiary/aromatic N) is 2. The Labute approximate surface area is 143 Å². The summed E-state index contributed by atoms with van der Waals surface area (Å²) in [6, 6.07) is -3.68. The first-order valence-corrected chi connectivity index (χ1v) is 9.84. The van der Waals surface area contributed by atoms with Gasteiger partial charge in [-0.05, 0) is 0 Å². The fourth-order valence-electron chi connectivity index (χ4n) is 2.00. The van der Waals surface area contributed by atoms with Crippen molar-refractivity contribution in [3.8, 4) is 0 Å². The van der Waals surface area contributed by atoms with E-state index in [-0.39, 0.29) is 8.61 Å². The van der Waals surface area contributed by atoms with Crippen molar-refractivity contribution in [1.82, 2.24) is 8.61 Å². The summed E-state index contributed by atoms with van der Waals surface area (Å²) in [4.78, 5) is 0. The molecule has 0 amide bonds. The average molecular weight is 447 g/mol. The molecular weight excluding hydrogens is 437 g/mol. The highest BCUT2D eigenvalue weighted by atomic mass is 35.5. The third-order valence-corrected chi connectivity index (χ3v) is 7.17. The molecule has 0 spiro atoms. The Kier molecular flexibility index (Phi) is 6.37. The van der Waals surface area contributed by atoms with Crippen LogP contribution in [0.1, 0.15) is 0 Å². The number of rotatable bonds is 4. The highest BCUT2D eigenvalue weighted by molar-refractivity contribution is 7.90. The van der Waals surface area contributed by atoms with Crippen molar-refractivity contribution in [2.24, 2.45) is 0 Å². The van der Waals surface area contributed by atoms with Crippen LogP contribution in [-0.2, 0) is 20.0 Å². The molecule has 0 aromatic rings. The Morgan fingerprint density at radius 3 is 1.17 bits per heavy atom. The minimum absolute atomic E-state index is 0.171. The van der Waals surface area contributed by atoms with Crippen LogP contribution in [0.15, 0.2) is 0 Å². The maximum Gasteiger partial charge on any atom is 0.511 e. The fraction of sp³-hybridized carbons (Fsp3) is 1.00. The summed E-state index contributed by atoms with van der Waals surface area (Å²) in [7, 11) is -11.8. The van der Waals surface area contributed by atoms with E-state index in [9.17, 15) is 43.2 Å². The second-order valence-electron chi connectivity index (χ2n) is 4.66. The van der Waals surface area contributed by atoms with Crippen LogP contribution in [0.2, 0.25) is 0 Å². The number of sulfonamides is 2. The summed E-state index contributed by atoms with van der Waals surface area (Å²) in [5, 5.41) is 0. The molecule has 1 fully saturated rings. The second-order valence-corrected chi connectivity index (χ2v) is 9.04. The molecule has 2 unspecified atom stereocenters. The molecule has 1 rings (SSSR count). The number of hydrogen-bond acceptors (Lipinski definition) is 4. The summed E-state index contributed by atoms with van der Waals surface area (Å²) in [6.45, 7) is -2.42. The molecule has 1 aliphatic rings. The second kappa shape index (κ2) is 6.95. The van der Waals surface area contributed by atoms with E-state index in [1.807, 2.05) is 0 Å². The van der Waals surface area contributed by atoms with Crippen molar-refractivity contribution in [2.45, 2.75) is 23.1 Å². The van der Waals surface area contributed by atoms with Gasteiger partial charge in [0.1, 0.15) is 0 Å². The van der Waals surface area contributed by atoms with Crippen LogP contribution in [0.5, 0.6) is 0 Å². The molecule has 1 heterocycles. The third kappa shape index (κ3) is 3.87. The van der Waals surface area contributed by atoms with Crippen LogP contribution in [0, 0.1) is 0 Å². The summed E-state index contributed by atoms with van der Waals surface area (Å²) in [6.07, 6.45) is 0. The lowest BCUT2D eigenvalue weighted by Crippen LogP contribution is -2.65. The van der Waals surface area contributed by atoms with Gasteiger partial charge in [-0.25, -0.2) is 16.8 Å². The molecule has 16 heteroatoms. The van der Waals surface area contributed by atoms with Crippen molar-refractivity contribution in [1.29, 1.82) is 0 Å². The maximum absolute atomic E-state index is 12.7. The molecule has 0 N–H and O–H groups in total. The van der Waals surface area contributed by atoms with E-state index in [4.69, 9.17) is 23.2 Å². The van der Waals surface area contributed by atoms with E-state index < -0.39 is 68.0 Å². The average Bonchev–Trinajstić information content (AvgIpc) is 2.43. The van der Waals surface area contributed by atoms with Gasteiger partial charge < -0.3 is 0 Å². The molecule has 1 aliphatic heterocycles. The molecule has 24 heavy (non-hydrogen) atoms. The van der Waals surface area contributed by atoms with Crippen LogP contribution >= 0.6 is 23.2 Å². The summed E-state index contributed by atoms with van der Waals surface area (Å²) >= 11 is 10.7. The zero-order chi connectivity index (χ0) is 19.1. The number of piperazine rings is 1. The first-order valence-electron chi connectivity index (χ1n) is 5.89. The lowest BCUT2D eigenvalue weighted by Gasteiger charge is -2.43. The van der Waals surface area contributed by atoms with Crippen molar-refractivity contribution in [3.05, 3.63) is 0 Å². The lowest BCUT2D eigenvalue weighted by atomic mass is 10.2. The number of hydrogen-bond donors (Lipinski definition) is 0.